The lowest BCUT2D eigenvalue weighted by atomic mass is 9.83. The molecule has 5 heteroatoms. The topological polar surface area (TPSA) is 46.6 Å². The number of carbonyl (C=O) groups excluding carboxylic acids is 2. The Kier molecular flexibility index (Phi) is 3.34. The van der Waals surface area contributed by atoms with Crippen LogP contribution in [-0.4, -0.2) is 40.6 Å². The predicted molar refractivity (Wildman–Crippen MR) is 64.0 cm³/mol. The van der Waals surface area contributed by atoms with Crippen LogP contribution < -0.4 is 0 Å². The number of ether oxygens (including phenoxy) is 1. The van der Waals surface area contributed by atoms with Crippen molar-refractivity contribution in [2.75, 3.05) is 0 Å². The van der Waals surface area contributed by atoms with Crippen molar-refractivity contribution >= 4 is 11.9 Å². The van der Waals surface area contributed by atoms with Crippen LogP contribution in [0.1, 0.15) is 46.5 Å². The molecule has 0 N–H and O–H groups in total. The van der Waals surface area contributed by atoms with E-state index in [0.29, 0.717) is 6.42 Å². The smallest absolute Gasteiger partial charge is 0.410 e. The Morgan fingerprint density at radius 2 is 2.06 bits per heavy atom. The minimum Gasteiger partial charge on any atom is -0.444 e. The van der Waals surface area contributed by atoms with Gasteiger partial charge in [0, 0.05) is 12.5 Å². The largest absolute Gasteiger partial charge is 0.444 e. The maximum absolute atomic E-state index is 13.9. The van der Waals surface area contributed by atoms with Gasteiger partial charge in [0.2, 0.25) is 0 Å². The second-order valence-corrected chi connectivity index (χ2v) is 6.11. The summed E-state index contributed by atoms with van der Waals surface area (Å²) < 4.78 is 19.2. The number of hydrogen-bond acceptors (Lipinski definition) is 3. The molecule has 0 aromatic carbocycles. The van der Waals surface area contributed by atoms with Crippen LogP contribution in [0.3, 0.4) is 0 Å². The quantitative estimate of drug-likeness (QED) is 0.669. The number of amides is 1. The second-order valence-electron chi connectivity index (χ2n) is 6.11. The van der Waals surface area contributed by atoms with Gasteiger partial charge in [0.15, 0.2) is 12.0 Å². The number of halogens is 1. The molecule has 2 fully saturated rings. The minimum absolute atomic E-state index is 0.122. The highest BCUT2D eigenvalue weighted by molar-refractivity contribution is 5.87. The summed E-state index contributed by atoms with van der Waals surface area (Å²) >= 11 is 0. The van der Waals surface area contributed by atoms with Gasteiger partial charge in [-0.05, 0) is 40.0 Å². The lowest BCUT2D eigenvalue weighted by Gasteiger charge is -2.46. The lowest BCUT2D eigenvalue weighted by Crippen LogP contribution is -2.61. The maximum atomic E-state index is 13.9. The molecule has 1 unspecified atom stereocenters. The van der Waals surface area contributed by atoms with E-state index >= 15 is 0 Å². The van der Waals surface area contributed by atoms with Crippen molar-refractivity contribution in [1.82, 2.24) is 4.90 Å². The van der Waals surface area contributed by atoms with E-state index in [1.807, 2.05) is 0 Å². The van der Waals surface area contributed by atoms with Crippen LogP contribution in [0.2, 0.25) is 0 Å². The number of Topliss-reactive ketones (excluding diaryl/α,β-unsaturated/α-hetero) is 1. The molecule has 0 aromatic rings. The number of nitrogens with zero attached hydrogens (tertiary/aromatic N) is 1. The van der Waals surface area contributed by atoms with E-state index < -0.39 is 23.9 Å². The normalized spacial score (nSPS) is 32.3. The van der Waals surface area contributed by atoms with Gasteiger partial charge in [-0.15, -0.1) is 0 Å². The molecule has 0 radical (unpaired) electrons. The van der Waals surface area contributed by atoms with Gasteiger partial charge >= 0.3 is 6.09 Å². The van der Waals surface area contributed by atoms with E-state index in [4.69, 9.17) is 4.74 Å². The number of carbonyl (C=O) groups is 2. The monoisotopic (exact) mass is 257 g/mol. The van der Waals surface area contributed by atoms with Crippen molar-refractivity contribution in [3.05, 3.63) is 0 Å². The van der Waals surface area contributed by atoms with E-state index in [2.05, 4.69) is 0 Å². The molecular weight excluding hydrogens is 237 g/mol. The van der Waals surface area contributed by atoms with Gasteiger partial charge in [-0.1, -0.05) is 0 Å². The number of alkyl halides is 1. The van der Waals surface area contributed by atoms with Crippen LogP contribution in [0, 0.1) is 0 Å². The van der Waals surface area contributed by atoms with Gasteiger partial charge in [-0.3, -0.25) is 9.69 Å². The van der Waals surface area contributed by atoms with Gasteiger partial charge < -0.3 is 4.74 Å². The van der Waals surface area contributed by atoms with Crippen LogP contribution >= 0.6 is 0 Å². The first-order chi connectivity index (χ1) is 8.29. The summed E-state index contributed by atoms with van der Waals surface area (Å²) in [5.74, 6) is -0.371. The van der Waals surface area contributed by atoms with Crippen LogP contribution in [0.25, 0.3) is 0 Å². The van der Waals surface area contributed by atoms with Gasteiger partial charge in [-0.25, -0.2) is 9.18 Å². The number of ketones is 1. The summed E-state index contributed by atoms with van der Waals surface area (Å²) in [7, 11) is 0. The molecule has 0 spiro atoms. The summed E-state index contributed by atoms with van der Waals surface area (Å²) in [6.45, 7) is 5.34. The summed E-state index contributed by atoms with van der Waals surface area (Å²) in [6.07, 6.45) is 0.247. The summed E-state index contributed by atoms with van der Waals surface area (Å²) in [4.78, 5) is 25.1. The SMILES string of the molecule is CC(C)(C)OC(=O)N1C2CCC[C@@H]1CC(=O)[C@@H]2F. The average Bonchev–Trinajstić information content (AvgIpc) is 2.23. The third-order valence-corrected chi connectivity index (χ3v) is 3.47. The first-order valence-corrected chi connectivity index (χ1v) is 6.48. The lowest BCUT2D eigenvalue weighted by molar-refractivity contribution is -0.135. The van der Waals surface area contributed by atoms with Gasteiger partial charge in [0.1, 0.15) is 5.60 Å². The molecule has 1 amide bonds. The van der Waals surface area contributed by atoms with E-state index in [-0.39, 0.29) is 18.2 Å². The number of fused-ring (bicyclic) bond motifs is 2. The van der Waals surface area contributed by atoms with Crippen molar-refractivity contribution < 1.29 is 18.7 Å². The van der Waals surface area contributed by atoms with Gasteiger partial charge in [-0.2, -0.15) is 0 Å². The Labute approximate surface area is 106 Å². The Morgan fingerprint density at radius 3 is 2.67 bits per heavy atom. The summed E-state index contributed by atoms with van der Waals surface area (Å²) in [5.41, 5.74) is -0.599. The first-order valence-electron chi connectivity index (χ1n) is 6.48. The molecular formula is C13H20FNO3. The van der Waals surface area contributed by atoms with Gasteiger partial charge in [0.25, 0.3) is 0 Å². The number of hydrogen-bond donors (Lipinski definition) is 0. The zero-order valence-corrected chi connectivity index (χ0v) is 11.1. The summed E-state index contributed by atoms with van der Waals surface area (Å²) in [5, 5.41) is 0. The van der Waals surface area contributed by atoms with Gasteiger partial charge in [0.05, 0.1) is 6.04 Å². The first kappa shape index (κ1) is 13.3. The fourth-order valence-electron chi connectivity index (χ4n) is 2.76. The van der Waals surface area contributed by atoms with Crippen molar-refractivity contribution in [2.45, 2.75) is 70.3 Å². The Hall–Kier alpha value is -1.13. The zero-order chi connectivity index (χ0) is 13.5. The van der Waals surface area contributed by atoms with Crippen molar-refractivity contribution in [3.63, 3.8) is 0 Å². The van der Waals surface area contributed by atoms with Crippen LogP contribution in [0.5, 0.6) is 0 Å². The molecule has 0 aliphatic carbocycles. The van der Waals surface area contributed by atoms with E-state index in [1.54, 1.807) is 20.8 Å². The molecule has 2 aliphatic heterocycles. The highest BCUT2D eigenvalue weighted by Crippen LogP contribution is 2.34. The van der Waals surface area contributed by atoms with E-state index in [9.17, 15) is 14.0 Å². The molecule has 18 heavy (non-hydrogen) atoms. The van der Waals surface area contributed by atoms with Crippen molar-refractivity contribution in [2.24, 2.45) is 0 Å². The van der Waals surface area contributed by atoms with Crippen LogP contribution in [0.15, 0.2) is 0 Å². The zero-order valence-electron chi connectivity index (χ0n) is 11.1. The Morgan fingerprint density at radius 1 is 1.39 bits per heavy atom. The minimum atomic E-state index is -1.55. The predicted octanol–water partition coefficient (Wildman–Crippen LogP) is 2.46. The fraction of sp³-hybridized carbons (Fsp3) is 0.846. The van der Waals surface area contributed by atoms with E-state index in [0.717, 1.165) is 12.8 Å². The molecule has 102 valence electrons. The van der Waals surface area contributed by atoms with Crippen molar-refractivity contribution in [3.8, 4) is 0 Å². The molecule has 4 nitrogen and oxygen atoms in total. The number of rotatable bonds is 0. The third-order valence-electron chi connectivity index (χ3n) is 3.47. The van der Waals surface area contributed by atoms with Crippen LogP contribution in [0.4, 0.5) is 9.18 Å². The molecule has 0 aromatic heterocycles. The molecule has 0 saturated carbocycles. The number of piperidine rings is 2. The summed E-state index contributed by atoms with van der Waals surface area (Å²) in [6, 6.07) is -0.807. The second kappa shape index (κ2) is 4.52. The fourth-order valence-corrected chi connectivity index (χ4v) is 2.76. The molecule has 2 rings (SSSR count). The molecule has 2 aliphatic rings. The molecule has 2 bridgehead atoms. The van der Waals surface area contributed by atoms with Crippen LogP contribution in [-0.2, 0) is 9.53 Å². The highest BCUT2D eigenvalue weighted by Gasteiger charge is 2.48. The Bertz CT molecular complexity index is 364. The Balaban J connectivity index is 2.16. The highest BCUT2D eigenvalue weighted by atomic mass is 19.1. The molecule has 2 heterocycles. The van der Waals surface area contributed by atoms with E-state index in [1.165, 1.54) is 4.90 Å². The van der Waals surface area contributed by atoms with Crippen molar-refractivity contribution in [1.29, 1.82) is 0 Å². The standard InChI is InChI=1S/C13H20FNO3/c1-13(2,3)18-12(17)15-8-5-4-6-9(15)11(14)10(16)7-8/h8-9,11H,4-7H2,1-3H3/t8-,9?,11-/m1/s1. The maximum Gasteiger partial charge on any atom is 0.410 e. The molecule has 2 saturated heterocycles. The average molecular weight is 257 g/mol. The third kappa shape index (κ3) is 2.49. The molecule has 3 atom stereocenters.